The molecule has 2 aromatic rings. The van der Waals surface area contributed by atoms with Gasteiger partial charge in [-0.1, -0.05) is 35.9 Å². The van der Waals surface area contributed by atoms with E-state index in [-0.39, 0.29) is 4.90 Å². The predicted octanol–water partition coefficient (Wildman–Crippen LogP) is 4.24. The molecule has 0 amide bonds. The maximum Gasteiger partial charge on any atom is 0.261 e. The Labute approximate surface area is 116 Å². The molecule has 0 heterocycles. The fraction of sp³-hybridized carbons (Fsp3) is 0.0769. The van der Waals surface area contributed by atoms with Gasteiger partial charge in [0.1, 0.15) is 0 Å². The maximum atomic E-state index is 11.4. The van der Waals surface area contributed by atoms with Gasteiger partial charge in [0.05, 0.1) is 4.90 Å². The highest BCUT2D eigenvalue weighted by atomic mass is 35.7. The lowest BCUT2D eigenvalue weighted by molar-refractivity contribution is 0.609. The molecule has 0 spiro atoms. The molecule has 0 aromatic heterocycles. The molecule has 2 nitrogen and oxygen atoms in total. The summed E-state index contributed by atoms with van der Waals surface area (Å²) in [6, 6.07) is 12.3. The average molecular weight is 301 g/mol. The average Bonchev–Trinajstić information content (AvgIpc) is 2.29. The summed E-state index contributed by atoms with van der Waals surface area (Å²) in [5, 5.41) is 0.635. The molecule has 18 heavy (non-hydrogen) atoms. The van der Waals surface area contributed by atoms with Gasteiger partial charge in [-0.2, -0.15) is 0 Å². The van der Waals surface area contributed by atoms with Gasteiger partial charge in [0, 0.05) is 15.7 Å². The van der Waals surface area contributed by atoms with Crippen molar-refractivity contribution in [1.29, 1.82) is 0 Å². The zero-order chi connectivity index (χ0) is 13.3. The Kier molecular flexibility index (Phi) is 3.66. The van der Waals surface area contributed by atoms with Crippen molar-refractivity contribution in [2.45, 2.75) is 11.8 Å². The largest absolute Gasteiger partial charge is 0.261 e. The van der Waals surface area contributed by atoms with Crippen molar-refractivity contribution in [3.63, 3.8) is 0 Å². The van der Waals surface area contributed by atoms with Crippen LogP contribution in [0.15, 0.2) is 47.4 Å². The Bertz CT molecular complexity index is 677. The molecular weight excluding hydrogens is 291 g/mol. The summed E-state index contributed by atoms with van der Waals surface area (Å²) in [7, 11) is 1.67. The second-order valence-electron chi connectivity index (χ2n) is 3.93. The molecule has 0 aliphatic carbocycles. The first kappa shape index (κ1) is 13.4. The number of hydrogen-bond acceptors (Lipinski definition) is 2. The van der Waals surface area contributed by atoms with E-state index < -0.39 is 9.05 Å². The zero-order valence-corrected chi connectivity index (χ0v) is 11.9. The molecular formula is C13H10Cl2O2S. The summed E-state index contributed by atoms with van der Waals surface area (Å²) in [5.74, 6) is 0. The standard InChI is InChI=1S/C13H10Cl2O2S/c1-9-2-3-11(8-13(9)18(15,16)17)10-4-6-12(14)7-5-10/h2-8H,1H3. The Morgan fingerprint density at radius 3 is 2.06 bits per heavy atom. The fourth-order valence-corrected chi connectivity index (χ4v) is 3.03. The van der Waals surface area contributed by atoms with E-state index in [2.05, 4.69) is 0 Å². The van der Waals surface area contributed by atoms with Crippen LogP contribution in [0.1, 0.15) is 5.56 Å². The Hall–Kier alpha value is -1.03. The third kappa shape index (κ3) is 2.86. The quantitative estimate of drug-likeness (QED) is 0.777. The van der Waals surface area contributed by atoms with E-state index in [1.807, 2.05) is 18.2 Å². The predicted molar refractivity (Wildman–Crippen MR) is 74.7 cm³/mol. The van der Waals surface area contributed by atoms with Crippen LogP contribution < -0.4 is 0 Å². The minimum absolute atomic E-state index is 0.136. The van der Waals surface area contributed by atoms with Crippen LogP contribution in [0.25, 0.3) is 11.1 Å². The molecule has 0 saturated carbocycles. The first-order valence-corrected chi connectivity index (χ1v) is 7.88. The van der Waals surface area contributed by atoms with Crippen molar-refractivity contribution in [2.24, 2.45) is 0 Å². The van der Waals surface area contributed by atoms with Gasteiger partial charge >= 0.3 is 0 Å². The lowest BCUT2D eigenvalue weighted by atomic mass is 10.0. The highest BCUT2D eigenvalue weighted by Crippen LogP contribution is 2.27. The van der Waals surface area contributed by atoms with E-state index in [0.29, 0.717) is 10.6 Å². The summed E-state index contributed by atoms with van der Waals surface area (Å²) in [6.07, 6.45) is 0. The van der Waals surface area contributed by atoms with Crippen LogP contribution in [0.5, 0.6) is 0 Å². The van der Waals surface area contributed by atoms with Crippen LogP contribution in [0.4, 0.5) is 0 Å². The SMILES string of the molecule is Cc1ccc(-c2ccc(Cl)cc2)cc1S(=O)(=O)Cl. The molecule has 0 saturated heterocycles. The van der Waals surface area contributed by atoms with Gasteiger partial charge in [0.2, 0.25) is 0 Å². The number of rotatable bonds is 2. The Morgan fingerprint density at radius 1 is 0.944 bits per heavy atom. The van der Waals surface area contributed by atoms with Crippen molar-refractivity contribution < 1.29 is 8.42 Å². The maximum absolute atomic E-state index is 11.4. The van der Waals surface area contributed by atoms with Gasteiger partial charge < -0.3 is 0 Å². The molecule has 0 bridgehead atoms. The van der Waals surface area contributed by atoms with Gasteiger partial charge in [-0.3, -0.25) is 0 Å². The molecule has 0 aliphatic heterocycles. The van der Waals surface area contributed by atoms with Crippen LogP contribution in [-0.2, 0) is 9.05 Å². The van der Waals surface area contributed by atoms with Crippen molar-refractivity contribution in [1.82, 2.24) is 0 Å². The van der Waals surface area contributed by atoms with E-state index in [0.717, 1.165) is 11.1 Å². The third-order valence-electron chi connectivity index (χ3n) is 2.63. The first-order chi connectivity index (χ1) is 8.38. The van der Waals surface area contributed by atoms with Crippen molar-refractivity contribution >= 4 is 31.3 Å². The van der Waals surface area contributed by atoms with Crippen LogP contribution in [-0.4, -0.2) is 8.42 Å². The van der Waals surface area contributed by atoms with Gasteiger partial charge in [-0.05, 0) is 41.8 Å². The highest BCUT2D eigenvalue weighted by molar-refractivity contribution is 8.13. The zero-order valence-electron chi connectivity index (χ0n) is 9.52. The second-order valence-corrected chi connectivity index (χ2v) is 6.90. The third-order valence-corrected chi connectivity index (χ3v) is 4.34. The van der Waals surface area contributed by atoms with Crippen LogP contribution in [0.3, 0.4) is 0 Å². The molecule has 2 rings (SSSR count). The van der Waals surface area contributed by atoms with Gasteiger partial charge in [0.15, 0.2) is 0 Å². The molecule has 2 aromatic carbocycles. The van der Waals surface area contributed by atoms with Crippen molar-refractivity contribution in [3.8, 4) is 11.1 Å². The normalized spacial score (nSPS) is 11.5. The molecule has 0 N–H and O–H groups in total. The van der Waals surface area contributed by atoms with E-state index in [1.165, 1.54) is 0 Å². The smallest absolute Gasteiger partial charge is 0.207 e. The minimum Gasteiger partial charge on any atom is -0.207 e. The van der Waals surface area contributed by atoms with Crippen LogP contribution >= 0.6 is 22.3 Å². The van der Waals surface area contributed by atoms with Crippen LogP contribution in [0, 0.1) is 6.92 Å². The monoisotopic (exact) mass is 300 g/mol. The number of hydrogen-bond donors (Lipinski definition) is 0. The summed E-state index contributed by atoms with van der Waals surface area (Å²) >= 11 is 5.81. The number of aryl methyl sites for hydroxylation is 1. The highest BCUT2D eigenvalue weighted by Gasteiger charge is 2.14. The van der Waals surface area contributed by atoms with Gasteiger partial charge in [0.25, 0.3) is 9.05 Å². The molecule has 94 valence electrons. The molecule has 0 fully saturated rings. The topological polar surface area (TPSA) is 34.1 Å². The first-order valence-electron chi connectivity index (χ1n) is 5.19. The molecule has 0 radical (unpaired) electrons. The second kappa shape index (κ2) is 4.92. The minimum atomic E-state index is -3.73. The van der Waals surface area contributed by atoms with E-state index in [4.69, 9.17) is 22.3 Å². The number of benzene rings is 2. The summed E-state index contributed by atoms with van der Waals surface area (Å²) in [6.45, 7) is 1.71. The van der Waals surface area contributed by atoms with Crippen LogP contribution in [0.2, 0.25) is 5.02 Å². The van der Waals surface area contributed by atoms with E-state index in [9.17, 15) is 8.42 Å². The number of halogens is 2. The summed E-state index contributed by atoms with van der Waals surface area (Å²) < 4.78 is 22.9. The summed E-state index contributed by atoms with van der Waals surface area (Å²) in [4.78, 5) is 0.136. The molecule has 0 atom stereocenters. The Morgan fingerprint density at radius 2 is 1.50 bits per heavy atom. The van der Waals surface area contributed by atoms with E-state index in [1.54, 1.807) is 31.2 Å². The van der Waals surface area contributed by atoms with Crippen molar-refractivity contribution in [2.75, 3.05) is 0 Å². The lowest BCUT2D eigenvalue weighted by Gasteiger charge is -2.06. The fourth-order valence-electron chi connectivity index (χ4n) is 1.68. The lowest BCUT2D eigenvalue weighted by Crippen LogP contribution is -1.95. The molecule has 0 aliphatic rings. The summed E-state index contributed by atoms with van der Waals surface area (Å²) in [5.41, 5.74) is 2.31. The molecule has 0 unspecified atom stereocenters. The van der Waals surface area contributed by atoms with Gasteiger partial charge in [-0.15, -0.1) is 0 Å². The Balaban J connectivity index is 2.57. The van der Waals surface area contributed by atoms with Gasteiger partial charge in [-0.25, -0.2) is 8.42 Å². The van der Waals surface area contributed by atoms with Crippen molar-refractivity contribution in [3.05, 3.63) is 53.1 Å². The van der Waals surface area contributed by atoms with E-state index >= 15 is 0 Å². The molecule has 5 heteroatoms.